The molecule has 4 rings (SSSR count). The van der Waals surface area contributed by atoms with Gasteiger partial charge >= 0.3 is 5.76 Å². The molecular weight excluding hydrogens is 454 g/mol. The van der Waals surface area contributed by atoms with E-state index in [9.17, 15) is 22.0 Å². The molecule has 0 N–H and O–H groups in total. The molecule has 1 aromatic carbocycles. The van der Waals surface area contributed by atoms with E-state index in [1.54, 1.807) is 6.33 Å². The minimum Gasteiger partial charge on any atom is -0.353 e. The summed E-state index contributed by atoms with van der Waals surface area (Å²) in [6.07, 6.45) is 3.15. The number of anilines is 1. The molecule has 3 heterocycles. The second kappa shape index (κ2) is 8.85. The number of sulfone groups is 1. The van der Waals surface area contributed by atoms with Crippen LogP contribution in [0.4, 0.5) is 14.6 Å². The van der Waals surface area contributed by atoms with Gasteiger partial charge in [0.25, 0.3) is 5.91 Å². The van der Waals surface area contributed by atoms with Crippen molar-refractivity contribution in [3.63, 3.8) is 0 Å². The Kier molecular flexibility index (Phi) is 6.11. The molecule has 9 nitrogen and oxygen atoms in total. The molecule has 1 saturated heterocycles. The molecule has 0 unspecified atom stereocenters. The Hall–Kier alpha value is -3.41. The summed E-state index contributed by atoms with van der Waals surface area (Å²) in [5, 5.41) is 0. The SMILES string of the molecule is Cc1ncn(-c2cc(N3CCN(C(=O)c4ccccc4S(=O)(=O)C(F)F)CC3)ncn2)c1C. The molecule has 12 heteroatoms. The fraction of sp³-hybridized carbons (Fsp3) is 0.333. The van der Waals surface area contributed by atoms with Gasteiger partial charge in [0.2, 0.25) is 9.84 Å². The van der Waals surface area contributed by atoms with E-state index in [-0.39, 0.29) is 18.7 Å². The van der Waals surface area contributed by atoms with Gasteiger partial charge in [0.1, 0.15) is 24.3 Å². The van der Waals surface area contributed by atoms with Gasteiger partial charge in [-0.2, -0.15) is 8.78 Å². The average molecular weight is 477 g/mol. The van der Waals surface area contributed by atoms with E-state index in [0.29, 0.717) is 24.7 Å². The Morgan fingerprint density at radius 3 is 2.30 bits per heavy atom. The van der Waals surface area contributed by atoms with Crippen molar-refractivity contribution < 1.29 is 22.0 Å². The van der Waals surface area contributed by atoms with Crippen LogP contribution in [0.2, 0.25) is 0 Å². The first-order valence-corrected chi connectivity index (χ1v) is 11.7. The van der Waals surface area contributed by atoms with Gasteiger partial charge in [-0.15, -0.1) is 0 Å². The molecule has 1 fully saturated rings. The smallest absolute Gasteiger partial charge is 0.341 e. The Labute approximate surface area is 189 Å². The van der Waals surface area contributed by atoms with E-state index in [1.807, 2.05) is 29.4 Å². The number of alkyl halides is 2. The normalized spacial score (nSPS) is 14.7. The van der Waals surface area contributed by atoms with Crippen LogP contribution in [0.5, 0.6) is 0 Å². The van der Waals surface area contributed by atoms with E-state index < -0.39 is 26.4 Å². The standard InChI is InChI=1S/C21H22F2N6O3S/c1-14-15(2)29(13-26-14)19-11-18(24-12-25-19)27-7-9-28(10-8-27)20(30)16-5-3-4-6-17(16)33(31,32)21(22)23/h3-6,11-13,21H,7-10H2,1-2H3. The van der Waals surface area contributed by atoms with Gasteiger partial charge < -0.3 is 9.80 Å². The molecule has 174 valence electrons. The lowest BCUT2D eigenvalue weighted by Crippen LogP contribution is -2.49. The molecular formula is C21H22F2N6O3S. The summed E-state index contributed by atoms with van der Waals surface area (Å²) in [5.74, 6) is -2.85. The van der Waals surface area contributed by atoms with E-state index in [0.717, 1.165) is 17.5 Å². The summed E-state index contributed by atoms with van der Waals surface area (Å²) in [6, 6.07) is 6.90. The molecule has 1 aliphatic heterocycles. The van der Waals surface area contributed by atoms with Crippen LogP contribution >= 0.6 is 0 Å². The van der Waals surface area contributed by atoms with Crippen LogP contribution in [-0.4, -0.2) is 70.7 Å². The van der Waals surface area contributed by atoms with Crippen molar-refractivity contribution in [2.75, 3.05) is 31.1 Å². The van der Waals surface area contributed by atoms with Gasteiger partial charge in [-0.3, -0.25) is 9.36 Å². The summed E-state index contributed by atoms with van der Waals surface area (Å²) in [4.78, 5) is 28.7. The zero-order chi connectivity index (χ0) is 23.8. The number of aryl methyl sites for hydroxylation is 1. The van der Waals surface area contributed by atoms with Crippen molar-refractivity contribution >= 4 is 21.6 Å². The second-order valence-electron chi connectivity index (χ2n) is 7.60. The summed E-state index contributed by atoms with van der Waals surface area (Å²) >= 11 is 0. The topological polar surface area (TPSA) is 101 Å². The largest absolute Gasteiger partial charge is 0.353 e. The third kappa shape index (κ3) is 4.30. The molecule has 0 aliphatic carbocycles. The van der Waals surface area contributed by atoms with Crippen LogP contribution in [0.15, 0.2) is 47.9 Å². The number of carbonyl (C=O) groups excluding carboxylic acids is 1. The number of benzene rings is 1. The third-order valence-corrected chi connectivity index (χ3v) is 7.12. The monoisotopic (exact) mass is 476 g/mol. The summed E-state index contributed by atoms with van der Waals surface area (Å²) in [6.45, 7) is 5.30. The van der Waals surface area contributed by atoms with E-state index in [4.69, 9.17) is 0 Å². The second-order valence-corrected chi connectivity index (χ2v) is 9.49. The maximum absolute atomic E-state index is 13.1. The Morgan fingerprint density at radius 2 is 1.67 bits per heavy atom. The molecule has 2 aromatic heterocycles. The van der Waals surface area contributed by atoms with Crippen LogP contribution in [0.1, 0.15) is 21.7 Å². The Balaban J connectivity index is 1.50. The fourth-order valence-electron chi connectivity index (χ4n) is 3.67. The number of imidazole rings is 1. The van der Waals surface area contributed by atoms with Gasteiger partial charge in [-0.1, -0.05) is 12.1 Å². The number of aromatic nitrogens is 4. The first-order valence-electron chi connectivity index (χ1n) is 10.2. The lowest BCUT2D eigenvalue weighted by atomic mass is 10.2. The highest BCUT2D eigenvalue weighted by Crippen LogP contribution is 2.24. The van der Waals surface area contributed by atoms with Gasteiger partial charge in [0.05, 0.1) is 16.2 Å². The molecule has 1 amide bonds. The molecule has 0 saturated carbocycles. The molecule has 3 aromatic rings. The fourth-order valence-corrected chi connectivity index (χ4v) is 4.59. The number of hydrogen-bond donors (Lipinski definition) is 0. The Bertz CT molecular complexity index is 1290. The van der Waals surface area contributed by atoms with Gasteiger partial charge in [0.15, 0.2) is 0 Å². The Morgan fingerprint density at radius 1 is 1.00 bits per heavy atom. The van der Waals surface area contributed by atoms with Crippen molar-refractivity contribution in [2.24, 2.45) is 0 Å². The van der Waals surface area contributed by atoms with Crippen LogP contribution in [0, 0.1) is 13.8 Å². The minimum atomic E-state index is -4.89. The first kappa shape index (κ1) is 22.8. The van der Waals surface area contributed by atoms with Gasteiger partial charge in [0, 0.05) is 37.9 Å². The minimum absolute atomic E-state index is 0.249. The van der Waals surface area contributed by atoms with Crippen molar-refractivity contribution in [3.05, 3.63) is 59.9 Å². The predicted octanol–water partition coefficient (Wildman–Crippen LogP) is 2.24. The van der Waals surface area contributed by atoms with E-state index >= 15 is 0 Å². The zero-order valence-corrected chi connectivity index (χ0v) is 18.8. The number of hydrogen-bond acceptors (Lipinski definition) is 7. The third-order valence-electron chi connectivity index (χ3n) is 5.69. The highest BCUT2D eigenvalue weighted by Gasteiger charge is 2.33. The molecule has 0 bridgehead atoms. The van der Waals surface area contributed by atoms with Crippen LogP contribution in [0.25, 0.3) is 5.82 Å². The van der Waals surface area contributed by atoms with Gasteiger partial charge in [-0.25, -0.2) is 23.4 Å². The lowest BCUT2D eigenvalue weighted by molar-refractivity contribution is 0.0742. The number of nitrogens with zero attached hydrogens (tertiary/aromatic N) is 6. The molecule has 0 atom stereocenters. The average Bonchev–Trinajstić information content (AvgIpc) is 3.16. The maximum Gasteiger partial charge on any atom is 0.341 e. The van der Waals surface area contributed by atoms with Crippen LogP contribution in [-0.2, 0) is 9.84 Å². The number of amides is 1. The number of rotatable bonds is 5. The van der Waals surface area contributed by atoms with Crippen molar-refractivity contribution in [1.82, 2.24) is 24.4 Å². The maximum atomic E-state index is 13.1. The summed E-state index contributed by atoms with van der Waals surface area (Å²) < 4.78 is 52.0. The first-order chi connectivity index (χ1) is 15.7. The van der Waals surface area contributed by atoms with Crippen molar-refractivity contribution in [2.45, 2.75) is 24.5 Å². The van der Waals surface area contributed by atoms with E-state index in [2.05, 4.69) is 15.0 Å². The number of halogens is 2. The molecule has 1 aliphatic rings. The number of piperazine rings is 1. The zero-order valence-electron chi connectivity index (χ0n) is 18.0. The van der Waals surface area contributed by atoms with Crippen LogP contribution < -0.4 is 4.90 Å². The van der Waals surface area contributed by atoms with E-state index in [1.165, 1.54) is 29.4 Å². The highest BCUT2D eigenvalue weighted by atomic mass is 32.2. The predicted molar refractivity (Wildman–Crippen MR) is 116 cm³/mol. The summed E-state index contributed by atoms with van der Waals surface area (Å²) in [5.41, 5.74) is 1.62. The van der Waals surface area contributed by atoms with Crippen molar-refractivity contribution in [3.8, 4) is 5.82 Å². The summed E-state index contributed by atoms with van der Waals surface area (Å²) in [7, 11) is -4.89. The van der Waals surface area contributed by atoms with Crippen molar-refractivity contribution in [1.29, 1.82) is 0 Å². The molecule has 0 spiro atoms. The number of carbonyl (C=O) groups is 1. The van der Waals surface area contributed by atoms with Crippen LogP contribution in [0.3, 0.4) is 0 Å². The highest BCUT2D eigenvalue weighted by molar-refractivity contribution is 7.91. The lowest BCUT2D eigenvalue weighted by Gasteiger charge is -2.35. The molecule has 33 heavy (non-hydrogen) atoms. The molecule has 0 radical (unpaired) electrons. The van der Waals surface area contributed by atoms with Gasteiger partial charge in [-0.05, 0) is 26.0 Å². The quantitative estimate of drug-likeness (QED) is 0.557.